The molecule has 1 aliphatic rings. The Kier molecular flexibility index (Phi) is 17.8. The van der Waals surface area contributed by atoms with Gasteiger partial charge >= 0.3 is 5.97 Å². The van der Waals surface area contributed by atoms with Crippen molar-refractivity contribution in [3.8, 4) is 0 Å². The van der Waals surface area contributed by atoms with Crippen LogP contribution < -0.4 is 0 Å². The number of allylic oxidation sites excluding steroid dienone is 1. The summed E-state index contributed by atoms with van der Waals surface area (Å²) < 4.78 is 9.11. The molecule has 0 radical (unpaired) electrons. The maximum atomic E-state index is 11.0. The van der Waals surface area contributed by atoms with Gasteiger partial charge in [0.1, 0.15) is 0 Å². The Morgan fingerprint density at radius 3 is 2.08 bits per heavy atom. The van der Waals surface area contributed by atoms with Gasteiger partial charge in [0.2, 0.25) is 0 Å². The summed E-state index contributed by atoms with van der Waals surface area (Å²) in [6.07, 6.45) is 5.68. The summed E-state index contributed by atoms with van der Waals surface area (Å²) in [6.45, 7) is 14.2. The quantitative estimate of drug-likeness (QED) is 0.699. The molecule has 0 unspecified atom stereocenters. The number of esters is 1. The SMILES string of the molecule is C=C(C)c1ccc(C)[nH]1.CC.CCOC(=O)CC1CCCC1.COC. The molecular formula is C21H39NO3. The molecule has 0 aromatic carbocycles. The molecule has 4 nitrogen and oxygen atoms in total. The van der Waals surface area contributed by atoms with Crippen molar-refractivity contribution in [3.63, 3.8) is 0 Å². The molecule has 4 heteroatoms. The highest BCUT2D eigenvalue weighted by atomic mass is 16.5. The number of carbonyl (C=O) groups is 1. The molecule has 1 aromatic rings. The molecule has 0 atom stereocenters. The van der Waals surface area contributed by atoms with Gasteiger partial charge in [0.25, 0.3) is 0 Å². The van der Waals surface area contributed by atoms with Crippen LogP contribution in [0, 0.1) is 12.8 Å². The number of aromatic amines is 1. The molecule has 0 bridgehead atoms. The van der Waals surface area contributed by atoms with Crippen molar-refractivity contribution in [3.05, 3.63) is 30.1 Å². The third-order valence-electron chi connectivity index (χ3n) is 3.53. The van der Waals surface area contributed by atoms with E-state index in [0.29, 0.717) is 18.9 Å². The largest absolute Gasteiger partial charge is 0.466 e. The lowest BCUT2D eigenvalue weighted by atomic mass is 10.1. The van der Waals surface area contributed by atoms with E-state index in [0.717, 1.165) is 11.3 Å². The summed E-state index contributed by atoms with van der Waals surface area (Å²) in [5.74, 6) is 0.605. The highest BCUT2D eigenvalue weighted by Crippen LogP contribution is 2.27. The summed E-state index contributed by atoms with van der Waals surface area (Å²) >= 11 is 0. The van der Waals surface area contributed by atoms with Gasteiger partial charge in [-0.2, -0.15) is 0 Å². The lowest BCUT2D eigenvalue weighted by Crippen LogP contribution is -2.08. The van der Waals surface area contributed by atoms with Crippen LogP contribution in [0.3, 0.4) is 0 Å². The number of hydrogen-bond acceptors (Lipinski definition) is 3. The Labute approximate surface area is 155 Å². The summed E-state index contributed by atoms with van der Waals surface area (Å²) in [5, 5.41) is 0. The zero-order chi connectivity index (χ0) is 19.7. The Morgan fingerprint density at radius 1 is 1.24 bits per heavy atom. The molecule has 146 valence electrons. The van der Waals surface area contributed by atoms with Gasteiger partial charge in [-0.05, 0) is 57.2 Å². The van der Waals surface area contributed by atoms with Gasteiger partial charge in [-0.3, -0.25) is 4.79 Å². The topological polar surface area (TPSA) is 51.3 Å². The minimum Gasteiger partial charge on any atom is -0.466 e. The van der Waals surface area contributed by atoms with E-state index in [1.807, 2.05) is 46.8 Å². The van der Waals surface area contributed by atoms with Crippen LogP contribution in [0.4, 0.5) is 0 Å². The second kappa shape index (κ2) is 17.3. The first-order chi connectivity index (χ1) is 11.9. The molecular weight excluding hydrogens is 314 g/mol. The number of aryl methyl sites for hydroxylation is 1. The van der Waals surface area contributed by atoms with E-state index in [9.17, 15) is 4.79 Å². The first-order valence-electron chi connectivity index (χ1n) is 9.31. The third kappa shape index (κ3) is 14.5. The fourth-order valence-electron chi connectivity index (χ4n) is 2.42. The Bertz CT molecular complexity index is 446. The summed E-state index contributed by atoms with van der Waals surface area (Å²) in [5.41, 5.74) is 3.41. The van der Waals surface area contributed by atoms with Crippen LogP contribution in [0.15, 0.2) is 18.7 Å². The second-order valence-electron chi connectivity index (χ2n) is 5.90. The van der Waals surface area contributed by atoms with Crippen LogP contribution in [0.1, 0.15) is 71.2 Å². The lowest BCUT2D eigenvalue weighted by molar-refractivity contribution is -0.144. The van der Waals surface area contributed by atoms with Crippen LogP contribution in [-0.2, 0) is 14.3 Å². The first-order valence-corrected chi connectivity index (χ1v) is 9.31. The summed E-state index contributed by atoms with van der Waals surface area (Å²) in [7, 11) is 3.25. The van der Waals surface area contributed by atoms with Crippen molar-refractivity contribution < 1.29 is 14.3 Å². The predicted molar refractivity (Wildman–Crippen MR) is 108 cm³/mol. The van der Waals surface area contributed by atoms with Crippen LogP contribution in [0.25, 0.3) is 5.57 Å². The van der Waals surface area contributed by atoms with Crippen molar-refractivity contribution in [2.75, 3.05) is 20.8 Å². The lowest BCUT2D eigenvalue weighted by Gasteiger charge is -2.06. The number of carbonyl (C=O) groups excluding carboxylic acids is 1. The van der Waals surface area contributed by atoms with Gasteiger partial charge < -0.3 is 14.5 Å². The molecule has 1 aromatic heterocycles. The molecule has 1 N–H and O–H groups in total. The van der Waals surface area contributed by atoms with Crippen molar-refractivity contribution in [1.82, 2.24) is 4.98 Å². The summed E-state index contributed by atoms with van der Waals surface area (Å²) in [4.78, 5) is 14.2. The molecule has 1 heterocycles. The monoisotopic (exact) mass is 353 g/mol. The molecule has 1 aliphatic carbocycles. The first kappa shape index (κ1) is 25.7. The minimum atomic E-state index is -0.0144. The zero-order valence-electron chi connectivity index (χ0n) is 17.4. The van der Waals surface area contributed by atoms with E-state index in [1.165, 1.54) is 31.4 Å². The average Bonchev–Trinajstić information content (AvgIpc) is 3.23. The number of methoxy groups -OCH3 is 1. The minimum absolute atomic E-state index is 0.0144. The molecule has 0 saturated heterocycles. The highest BCUT2D eigenvalue weighted by Gasteiger charge is 2.18. The van der Waals surface area contributed by atoms with Crippen molar-refractivity contribution >= 4 is 11.5 Å². The maximum Gasteiger partial charge on any atom is 0.306 e. The fourth-order valence-corrected chi connectivity index (χ4v) is 2.42. The number of nitrogens with one attached hydrogen (secondary N) is 1. The van der Waals surface area contributed by atoms with Gasteiger partial charge in [-0.25, -0.2) is 0 Å². The molecule has 0 aliphatic heterocycles. The maximum absolute atomic E-state index is 11.0. The van der Waals surface area contributed by atoms with E-state index in [4.69, 9.17) is 4.74 Å². The Morgan fingerprint density at radius 2 is 1.76 bits per heavy atom. The summed E-state index contributed by atoms with van der Waals surface area (Å²) in [6, 6.07) is 4.08. The molecule has 1 saturated carbocycles. The Balaban J connectivity index is 0. The van der Waals surface area contributed by atoms with Crippen LogP contribution in [0.5, 0.6) is 0 Å². The number of aromatic nitrogens is 1. The van der Waals surface area contributed by atoms with E-state index in [-0.39, 0.29) is 5.97 Å². The predicted octanol–water partition coefficient (Wildman–Crippen LogP) is 5.77. The van der Waals surface area contributed by atoms with Crippen LogP contribution in [-0.4, -0.2) is 31.8 Å². The smallest absolute Gasteiger partial charge is 0.306 e. The molecule has 25 heavy (non-hydrogen) atoms. The standard InChI is InChI=1S/C9H16O2.C8H11N.C2H6O.C2H6/c1-2-11-9(10)7-8-5-3-4-6-8;1-6(2)8-5-4-7(3)9-8;1-3-2;1-2/h8H,2-7H2,1H3;4-5,9H,1H2,2-3H3;1-2H3;1-2H3. The van der Waals surface area contributed by atoms with Gasteiger partial charge in [-0.15, -0.1) is 0 Å². The van der Waals surface area contributed by atoms with Gasteiger partial charge in [0.15, 0.2) is 0 Å². The molecule has 2 rings (SSSR count). The number of ether oxygens (including phenoxy) is 2. The fraction of sp³-hybridized carbons (Fsp3) is 0.667. The zero-order valence-corrected chi connectivity index (χ0v) is 17.4. The van der Waals surface area contributed by atoms with Crippen molar-refractivity contribution in [2.24, 2.45) is 5.92 Å². The van der Waals surface area contributed by atoms with Gasteiger partial charge in [0, 0.05) is 32.0 Å². The second-order valence-corrected chi connectivity index (χ2v) is 5.90. The number of hydrogen-bond donors (Lipinski definition) is 1. The van der Waals surface area contributed by atoms with Gasteiger partial charge in [0.05, 0.1) is 6.61 Å². The van der Waals surface area contributed by atoms with Crippen LogP contribution in [0.2, 0.25) is 0 Å². The van der Waals surface area contributed by atoms with Gasteiger partial charge in [-0.1, -0.05) is 33.3 Å². The average molecular weight is 354 g/mol. The highest BCUT2D eigenvalue weighted by molar-refractivity contribution is 5.69. The van der Waals surface area contributed by atoms with E-state index in [2.05, 4.69) is 16.3 Å². The van der Waals surface area contributed by atoms with Crippen molar-refractivity contribution in [1.29, 1.82) is 0 Å². The molecule has 0 spiro atoms. The Hall–Kier alpha value is -1.55. The van der Waals surface area contributed by atoms with E-state index < -0.39 is 0 Å². The number of rotatable bonds is 4. The normalized spacial score (nSPS) is 12.6. The number of H-pyrrole nitrogens is 1. The molecule has 1 fully saturated rings. The third-order valence-corrected chi connectivity index (χ3v) is 3.53. The van der Waals surface area contributed by atoms with Crippen LogP contribution >= 0.6 is 0 Å². The van der Waals surface area contributed by atoms with Crippen molar-refractivity contribution in [2.45, 2.75) is 66.7 Å². The van der Waals surface area contributed by atoms with E-state index in [1.54, 1.807) is 14.2 Å². The van der Waals surface area contributed by atoms with E-state index >= 15 is 0 Å². The molecule has 0 amide bonds.